The minimum Gasteiger partial charge on any atom is -0.493 e. The predicted octanol–water partition coefficient (Wildman–Crippen LogP) is 2.13. The monoisotopic (exact) mass is 340 g/mol. The van der Waals surface area contributed by atoms with Crippen LogP contribution in [0.4, 0.5) is 0 Å². The van der Waals surface area contributed by atoms with Crippen molar-refractivity contribution in [3.8, 4) is 11.5 Å². The second kappa shape index (κ2) is 7.41. The number of carbonyl (C=O) groups is 1. The van der Waals surface area contributed by atoms with Crippen LogP contribution in [-0.4, -0.2) is 33.2 Å². The summed E-state index contributed by atoms with van der Waals surface area (Å²) in [6, 6.07) is 5.73. The van der Waals surface area contributed by atoms with E-state index in [0.717, 1.165) is 37.9 Å². The largest absolute Gasteiger partial charge is 0.493 e. The topological polar surface area (TPSA) is 59.6 Å². The van der Waals surface area contributed by atoms with E-state index in [-0.39, 0.29) is 29.6 Å². The van der Waals surface area contributed by atoms with Crippen molar-refractivity contribution >= 4 is 18.3 Å². The quantitative estimate of drug-likeness (QED) is 0.862. The molecule has 1 aliphatic carbocycles. The van der Waals surface area contributed by atoms with Gasteiger partial charge in [0.1, 0.15) is 0 Å². The molecular weight excluding hydrogens is 316 g/mol. The van der Waals surface area contributed by atoms with Gasteiger partial charge in [-0.2, -0.15) is 0 Å². The molecule has 0 bridgehead atoms. The van der Waals surface area contributed by atoms with Gasteiger partial charge in [0.25, 0.3) is 0 Å². The van der Waals surface area contributed by atoms with Crippen LogP contribution >= 0.6 is 12.4 Å². The van der Waals surface area contributed by atoms with Crippen molar-refractivity contribution in [3.63, 3.8) is 0 Å². The lowest BCUT2D eigenvalue weighted by Gasteiger charge is -2.23. The van der Waals surface area contributed by atoms with Crippen molar-refractivity contribution in [2.24, 2.45) is 11.3 Å². The van der Waals surface area contributed by atoms with Crippen molar-refractivity contribution in [3.05, 3.63) is 23.8 Å². The molecule has 1 unspecified atom stereocenters. The maximum Gasteiger partial charge on any atom is 0.223 e. The molecule has 0 aromatic heterocycles. The molecule has 23 heavy (non-hydrogen) atoms. The fourth-order valence-corrected chi connectivity index (χ4v) is 3.50. The third-order valence-corrected chi connectivity index (χ3v) is 5.02. The molecular formula is C17H25ClN2O3. The Morgan fingerprint density at radius 1 is 1.26 bits per heavy atom. The maximum atomic E-state index is 12.3. The summed E-state index contributed by atoms with van der Waals surface area (Å²) in [5, 5.41) is 6.43. The van der Waals surface area contributed by atoms with Crippen LogP contribution in [0.1, 0.15) is 24.8 Å². The first-order chi connectivity index (χ1) is 10.7. The summed E-state index contributed by atoms with van der Waals surface area (Å²) in [5.41, 5.74) is 1.30. The molecule has 1 atom stereocenters. The van der Waals surface area contributed by atoms with E-state index in [1.807, 2.05) is 18.2 Å². The molecule has 128 valence electrons. The summed E-state index contributed by atoms with van der Waals surface area (Å²) < 4.78 is 10.5. The number of methoxy groups -OCH3 is 2. The van der Waals surface area contributed by atoms with E-state index in [9.17, 15) is 4.79 Å². The normalized spacial score (nSPS) is 21.2. The number of benzene rings is 1. The highest BCUT2D eigenvalue weighted by Gasteiger charge is 2.57. The van der Waals surface area contributed by atoms with Gasteiger partial charge in [-0.05, 0) is 55.5 Å². The molecule has 1 aliphatic heterocycles. The zero-order valence-corrected chi connectivity index (χ0v) is 14.5. The smallest absolute Gasteiger partial charge is 0.223 e. The lowest BCUT2D eigenvalue weighted by atomic mass is 9.92. The highest BCUT2D eigenvalue weighted by Crippen LogP contribution is 2.58. The summed E-state index contributed by atoms with van der Waals surface area (Å²) in [5.74, 6) is 1.79. The number of nitrogens with one attached hydrogen (secondary N) is 2. The molecule has 1 heterocycles. The molecule has 1 aromatic rings. The van der Waals surface area contributed by atoms with Gasteiger partial charge in [0, 0.05) is 12.5 Å². The van der Waals surface area contributed by atoms with Crippen LogP contribution in [0.3, 0.4) is 0 Å². The zero-order chi connectivity index (χ0) is 15.6. The van der Waals surface area contributed by atoms with Crippen LogP contribution in [0.15, 0.2) is 18.2 Å². The number of hydrogen-bond acceptors (Lipinski definition) is 4. The molecule has 0 radical (unpaired) electrons. The number of ether oxygens (including phenoxy) is 2. The Hall–Kier alpha value is -1.46. The van der Waals surface area contributed by atoms with E-state index in [4.69, 9.17) is 9.47 Å². The van der Waals surface area contributed by atoms with Gasteiger partial charge >= 0.3 is 0 Å². The Labute approximate surface area is 143 Å². The fourth-order valence-electron chi connectivity index (χ4n) is 3.50. The standard InChI is InChI=1S/C17H24N2O3.ClH/c1-21-14-4-3-12(9-15(14)22-2)11-19-16(20)13-10-17(13)5-7-18-8-6-17;/h3-4,9,13,18H,5-8,10-11H2,1-2H3,(H,19,20);1H. The summed E-state index contributed by atoms with van der Waals surface area (Å²) >= 11 is 0. The number of carbonyl (C=O) groups excluding carboxylic acids is 1. The molecule has 1 saturated heterocycles. The molecule has 1 saturated carbocycles. The number of hydrogen-bond donors (Lipinski definition) is 2. The van der Waals surface area contributed by atoms with E-state index in [2.05, 4.69) is 10.6 Å². The molecule has 1 spiro atoms. The minimum atomic E-state index is 0. The van der Waals surface area contributed by atoms with Crippen LogP contribution < -0.4 is 20.1 Å². The van der Waals surface area contributed by atoms with Crippen LogP contribution in [0.5, 0.6) is 11.5 Å². The van der Waals surface area contributed by atoms with Crippen LogP contribution in [-0.2, 0) is 11.3 Å². The molecule has 2 N–H and O–H groups in total. The maximum absolute atomic E-state index is 12.3. The first-order valence-corrected chi connectivity index (χ1v) is 7.88. The number of rotatable bonds is 5. The fraction of sp³-hybridized carbons (Fsp3) is 0.588. The van der Waals surface area contributed by atoms with Crippen molar-refractivity contribution in [2.45, 2.75) is 25.8 Å². The first kappa shape index (κ1) is 17.9. The zero-order valence-electron chi connectivity index (χ0n) is 13.7. The molecule has 6 heteroatoms. The third-order valence-electron chi connectivity index (χ3n) is 5.02. The van der Waals surface area contributed by atoms with Crippen LogP contribution in [0.2, 0.25) is 0 Å². The van der Waals surface area contributed by atoms with Gasteiger partial charge < -0.3 is 20.1 Å². The number of amides is 1. The van der Waals surface area contributed by atoms with Crippen LogP contribution in [0.25, 0.3) is 0 Å². The van der Waals surface area contributed by atoms with Gasteiger partial charge in [0.05, 0.1) is 14.2 Å². The lowest BCUT2D eigenvalue weighted by Crippen LogP contribution is -2.33. The summed E-state index contributed by atoms with van der Waals surface area (Å²) in [7, 11) is 3.23. The molecule has 3 rings (SSSR count). The second-order valence-corrected chi connectivity index (χ2v) is 6.28. The Bertz CT molecular complexity index is 559. The highest BCUT2D eigenvalue weighted by molar-refractivity contribution is 5.85. The van der Waals surface area contributed by atoms with Gasteiger partial charge in [0.15, 0.2) is 11.5 Å². The minimum absolute atomic E-state index is 0. The Balaban J connectivity index is 0.00000192. The molecule has 1 amide bonds. The van der Waals surface area contributed by atoms with Crippen molar-refractivity contribution < 1.29 is 14.3 Å². The van der Waals surface area contributed by atoms with Crippen molar-refractivity contribution in [2.75, 3.05) is 27.3 Å². The predicted molar refractivity (Wildman–Crippen MR) is 91.3 cm³/mol. The van der Waals surface area contributed by atoms with Crippen LogP contribution in [0, 0.1) is 11.3 Å². The summed E-state index contributed by atoms with van der Waals surface area (Å²) in [4.78, 5) is 12.3. The Kier molecular flexibility index (Phi) is 5.76. The van der Waals surface area contributed by atoms with Gasteiger partial charge in [-0.3, -0.25) is 4.79 Å². The van der Waals surface area contributed by atoms with Gasteiger partial charge in [-0.25, -0.2) is 0 Å². The van der Waals surface area contributed by atoms with Gasteiger partial charge in [-0.15, -0.1) is 12.4 Å². The van der Waals surface area contributed by atoms with E-state index in [1.54, 1.807) is 14.2 Å². The average Bonchev–Trinajstić information content (AvgIpc) is 3.26. The number of halogens is 1. The number of piperidine rings is 1. The molecule has 2 fully saturated rings. The summed E-state index contributed by atoms with van der Waals surface area (Å²) in [6.07, 6.45) is 3.30. The average molecular weight is 341 g/mol. The van der Waals surface area contributed by atoms with E-state index in [0.29, 0.717) is 18.0 Å². The first-order valence-electron chi connectivity index (χ1n) is 7.88. The SMILES string of the molecule is COc1ccc(CNC(=O)C2CC23CCNCC3)cc1OC.Cl. The van der Waals surface area contributed by atoms with Gasteiger partial charge in [0.2, 0.25) is 5.91 Å². The third kappa shape index (κ3) is 3.72. The van der Waals surface area contributed by atoms with E-state index in [1.165, 1.54) is 0 Å². The van der Waals surface area contributed by atoms with E-state index < -0.39 is 0 Å². The Morgan fingerprint density at radius 2 is 1.96 bits per heavy atom. The molecule has 5 nitrogen and oxygen atoms in total. The van der Waals surface area contributed by atoms with Gasteiger partial charge in [-0.1, -0.05) is 6.07 Å². The van der Waals surface area contributed by atoms with E-state index >= 15 is 0 Å². The van der Waals surface area contributed by atoms with Crippen molar-refractivity contribution in [1.82, 2.24) is 10.6 Å². The van der Waals surface area contributed by atoms with Crippen molar-refractivity contribution in [1.29, 1.82) is 0 Å². The molecule has 1 aromatic carbocycles. The summed E-state index contributed by atoms with van der Waals surface area (Å²) in [6.45, 7) is 2.61. The lowest BCUT2D eigenvalue weighted by molar-refractivity contribution is -0.123. The second-order valence-electron chi connectivity index (χ2n) is 6.28. The highest BCUT2D eigenvalue weighted by atomic mass is 35.5. The molecule has 2 aliphatic rings. The Morgan fingerprint density at radius 3 is 2.61 bits per heavy atom.